The van der Waals surface area contributed by atoms with Crippen LogP contribution in [-0.2, 0) is 5.41 Å². The Morgan fingerprint density at radius 1 is 1.25 bits per heavy atom. The molecular formula is C19H21NO2S2. The van der Waals surface area contributed by atoms with Crippen LogP contribution in [0.2, 0.25) is 0 Å². The zero-order valence-electron chi connectivity index (χ0n) is 14.5. The van der Waals surface area contributed by atoms with Crippen LogP contribution < -0.4 is 0 Å². The topological polar surface area (TPSA) is 41.7 Å². The van der Waals surface area contributed by atoms with Crippen molar-refractivity contribution < 1.29 is 9.90 Å². The second-order valence-corrected chi connectivity index (χ2v) is 9.72. The fourth-order valence-corrected chi connectivity index (χ4v) is 4.89. The molecule has 0 saturated heterocycles. The molecule has 0 bridgehead atoms. The summed E-state index contributed by atoms with van der Waals surface area (Å²) in [6.07, 6.45) is 0. The molecule has 0 radical (unpaired) electrons. The average Bonchev–Trinajstić information content (AvgIpc) is 2.84. The summed E-state index contributed by atoms with van der Waals surface area (Å²) >= 11 is 2.75. The van der Waals surface area contributed by atoms with Crippen molar-refractivity contribution in [3.05, 3.63) is 46.1 Å². The first-order chi connectivity index (χ1) is 11.1. The summed E-state index contributed by atoms with van der Waals surface area (Å²) in [6.45, 7) is 18.0. The maximum atomic E-state index is 11.7. The van der Waals surface area contributed by atoms with E-state index in [1.807, 2.05) is 38.1 Å². The summed E-state index contributed by atoms with van der Waals surface area (Å²) in [5.74, 6) is -0.976. The molecule has 0 atom stereocenters. The highest BCUT2D eigenvalue weighted by atomic mass is 32.2. The Kier molecular flexibility index (Phi) is 5.42. The van der Waals surface area contributed by atoms with Gasteiger partial charge in [0, 0.05) is 10.8 Å². The molecular weight excluding hydrogens is 338 g/mol. The molecule has 0 aliphatic carbocycles. The van der Waals surface area contributed by atoms with Crippen LogP contribution in [0.4, 0.5) is 5.69 Å². The Balaban J connectivity index is 2.62. The molecule has 0 aliphatic heterocycles. The van der Waals surface area contributed by atoms with Gasteiger partial charge < -0.3 is 5.11 Å². The number of carboxylic acid groups (broad SMARTS) is 1. The quantitative estimate of drug-likeness (QED) is 0.503. The fraction of sp³-hybridized carbons (Fsp3) is 0.368. The highest BCUT2D eigenvalue weighted by Crippen LogP contribution is 2.48. The van der Waals surface area contributed by atoms with Gasteiger partial charge in [0.15, 0.2) is 0 Å². The molecule has 0 spiro atoms. The molecule has 2 rings (SSSR count). The number of aromatic carboxylic acids is 1. The van der Waals surface area contributed by atoms with Crippen LogP contribution in [0.25, 0.3) is 16.0 Å². The van der Waals surface area contributed by atoms with Crippen LogP contribution in [0.5, 0.6) is 0 Å². The van der Waals surface area contributed by atoms with Crippen molar-refractivity contribution >= 4 is 34.8 Å². The van der Waals surface area contributed by atoms with Gasteiger partial charge in [0.1, 0.15) is 4.88 Å². The molecule has 1 aromatic heterocycles. The Hall–Kier alpha value is -1.77. The van der Waals surface area contributed by atoms with Gasteiger partial charge in [-0.15, -0.1) is 23.1 Å². The second kappa shape index (κ2) is 7.00. The van der Waals surface area contributed by atoms with Crippen LogP contribution in [0.1, 0.15) is 49.9 Å². The van der Waals surface area contributed by atoms with Crippen LogP contribution in [-0.4, -0.2) is 16.3 Å². The molecule has 0 fully saturated rings. The molecule has 1 N–H and O–H groups in total. The zero-order valence-corrected chi connectivity index (χ0v) is 16.1. The molecule has 24 heavy (non-hydrogen) atoms. The molecule has 1 aromatic carbocycles. The van der Waals surface area contributed by atoms with Crippen molar-refractivity contribution in [3.63, 3.8) is 0 Å². The summed E-state index contributed by atoms with van der Waals surface area (Å²) in [5, 5.41) is 9.87. The molecule has 0 unspecified atom stereocenters. The van der Waals surface area contributed by atoms with E-state index in [1.54, 1.807) is 11.8 Å². The number of nitrogens with zero attached hydrogens (tertiary/aromatic N) is 1. The number of carboxylic acids is 1. The molecule has 1 heterocycles. The van der Waals surface area contributed by atoms with Crippen molar-refractivity contribution in [2.75, 3.05) is 0 Å². The molecule has 0 amide bonds. The van der Waals surface area contributed by atoms with Gasteiger partial charge in [-0.25, -0.2) is 9.64 Å². The maximum absolute atomic E-state index is 11.7. The molecule has 2 aromatic rings. The third-order valence-electron chi connectivity index (χ3n) is 3.54. The van der Waals surface area contributed by atoms with Gasteiger partial charge in [0.2, 0.25) is 5.69 Å². The number of carbonyl (C=O) groups is 1. The second-order valence-electron chi connectivity index (χ2n) is 6.85. The molecule has 126 valence electrons. The van der Waals surface area contributed by atoms with E-state index < -0.39 is 5.97 Å². The average molecular weight is 360 g/mol. The summed E-state index contributed by atoms with van der Waals surface area (Å²) in [6, 6.07) is 7.88. The summed E-state index contributed by atoms with van der Waals surface area (Å²) < 4.78 is 0.785. The van der Waals surface area contributed by atoms with E-state index >= 15 is 0 Å². The standard InChI is InChI=1S/C19H21NO2S2/c1-11(2)23-18-15(20-6)14(16(24-18)17(21)22)12-7-9-13(10-8-12)19(3,4)5/h7-11H,1-5H3,(H,21,22). The van der Waals surface area contributed by atoms with Gasteiger partial charge in [0.05, 0.1) is 10.8 Å². The van der Waals surface area contributed by atoms with Crippen LogP contribution in [0.15, 0.2) is 28.5 Å². The third kappa shape index (κ3) is 3.82. The van der Waals surface area contributed by atoms with Gasteiger partial charge >= 0.3 is 5.97 Å². The van der Waals surface area contributed by atoms with E-state index in [1.165, 1.54) is 16.9 Å². The molecule has 3 nitrogen and oxygen atoms in total. The van der Waals surface area contributed by atoms with E-state index in [0.717, 1.165) is 9.77 Å². The predicted molar refractivity (Wildman–Crippen MR) is 103 cm³/mol. The molecule has 5 heteroatoms. The predicted octanol–water partition coefficient (Wildman–Crippen LogP) is 6.46. The lowest BCUT2D eigenvalue weighted by Crippen LogP contribution is -2.10. The Bertz CT molecular complexity index is 790. The first-order valence-corrected chi connectivity index (χ1v) is 9.40. The lowest BCUT2D eigenvalue weighted by atomic mass is 9.86. The highest BCUT2D eigenvalue weighted by molar-refractivity contribution is 8.01. The summed E-state index contributed by atoms with van der Waals surface area (Å²) in [4.78, 5) is 15.6. The molecule has 0 aliphatic rings. The van der Waals surface area contributed by atoms with Gasteiger partial charge in [-0.1, -0.05) is 58.9 Å². The zero-order chi connectivity index (χ0) is 18.1. The lowest BCUT2D eigenvalue weighted by molar-refractivity contribution is 0.0703. The van der Waals surface area contributed by atoms with Gasteiger partial charge in [0.25, 0.3) is 0 Å². The first-order valence-electron chi connectivity index (χ1n) is 7.70. The SMILES string of the molecule is [C-]#[N+]c1c(SC(C)C)sc(C(=O)O)c1-c1ccc(C(C)(C)C)cc1. The number of thioether (sulfide) groups is 1. The normalized spacial score (nSPS) is 11.5. The maximum Gasteiger partial charge on any atom is 0.345 e. The largest absolute Gasteiger partial charge is 0.477 e. The Labute approximate surface area is 151 Å². The first kappa shape index (κ1) is 18.6. The summed E-state index contributed by atoms with van der Waals surface area (Å²) in [7, 11) is 0. The van der Waals surface area contributed by atoms with Gasteiger partial charge in [-0.2, -0.15) is 0 Å². The van der Waals surface area contributed by atoms with E-state index in [9.17, 15) is 9.90 Å². The monoisotopic (exact) mass is 359 g/mol. The summed E-state index contributed by atoms with van der Waals surface area (Å²) in [5.41, 5.74) is 3.01. The third-order valence-corrected chi connectivity index (χ3v) is 5.92. The van der Waals surface area contributed by atoms with Crippen molar-refractivity contribution in [2.45, 2.75) is 49.5 Å². The van der Waals surface area contributed by atoms with Gasteiger partial charge in [-0.3, -0.25) is 0 Å². The van der Waals surface area contributed by atoms with Crippen LogP contribution in [0, 0.1) is 6.57 Å². The number of hydrogen-bond donors (Lipinski definition) is 1. The minimum atomic E-state index is -0.976. The highest BCUT2D eigenvalue weighted by Gasteiger charge is 2.25. The Morgan fingerprint density at radius 2 is 1.83 bits per heavy atom. The van der Waals surface area contributed by atoms with E-state index in [2.05, 4.69) is 25.6 Å². The van der Waals surface area contributed by atoms with Gasteiger partial charge in [-0.05, 0) is 16.5 Å². The van der Waals surface area contributed by atoms with E-state index in [-0.39, 0.29) is 10.3 Å². The minimum Gasteiger partial charge on any atom is -0.477 e. The fourth-order valence-electron chi connectivity index (χ4n) is 2.35. The number of hydrogen-bond acceptors (Lipinski definition) is 3. The van der Waals surface area contributed by atoms with E-state index in [4.69, 9.17) is 6.57 Å². The molecule has 0 saturated carbocycles. The Morgan fingerprint density at radius 3 is 2.25 bits per heavy atom. The number of rotatable bonds is 4. The van der Waals surface area contributed by atoms with Crippen molar-refractivity contribution in [2.24, 2.45) is 0 Å². The number of thiophene rings is 1. The van der Waals surface area contributed by atoms with E-state index in [0.29, 0.717) is 16.5 Å². The van der Waals surface area contributed by atoms with Crippen molar-refractivity contribution in [1.82, 2.24) is 0 Å². The van der Waals surface area contributed by atoms with Crippen LogP contribution in [0.3, 0.4) is 0 Å². The van der Waals surface area contributed by atoms with Crippen molar-refractivity contribution in [1.29, 1.82) is 0 Å². The number of benzene rings is 1. The minimum absolute atomic E-state index is 0.0318. The van der Waals surface area contributed by atoms with Crippen molar-refractivity contribution in [3.8, 4) is 11.1 Å². The van der Waals surface area contributed by atoms with Crippen LogP contribution >= 0.6 is 23.1 Å². The smallest absolute Gasteiger partial charge is 0.345 e. The lowest BCUT2D eigenvalue weighted by Gasteiger charge is -2.19.